The van der Waals surface area contributed by atoms with Crippen molar-refractivity contribution in [3.05, 3.63) is 48.6 Å². The highest BCUT2D eigenvalue weighted by molar-refractivity contribution is 5.76. The maximum atomic E-state index is 12.5. The zero-order valence-corrected chi connectivity index (χ0v) is 40.8. The van der Waals surface area contributed by atoms with Gasteiger partial charge >= 0.3 is 0 Å². The van der Waals surface area contributed by atoms with Crippen molar-refractivity contribution in [2.24, 2.45) is 0 Å². The van der Waals surface area contributed by atoms with Gasteiger partial charge in [-0.2, -0.15) is 0 Å². The van der Waals surface area contributed by atoms with Gasteiger partial charge in [0.1, 0.15) is 6.10 Å². The summed E-state index contributed by atoms with van der Waals surface area (Å²) in [6, 6.07) is -0.832. The Morgan fingerprint density at radius 1 is 0.410 bits per heavy atom. The van der Waals surface area contributed by atoms with Crippen molar-refractivity contribution >= 4 is 5.91 Å². The van der Waals surface area contributed by atoms with Crippen LogP contribution in [-0.2, 0) is 4.79 Å². The summed E-state index contributed by atoms with van der Waals surface area (Å²) in [5, 5.41) is 33.5. The first-order valence-electron chi connectivity index (χ1n) is 26.9. The van der Waals surface area contributed by atoms with E-state index in [2.05, 4.69) is 67.8 Å². The Balaban J connectivity index is 3.50. The molecule has 3 unspecified atom stereocenters. The van der Waals surface area contributed by atoms with Gasteiger partial charge < -0.3 is 20.6 Å². The van der Waals surface area contributed by atoms with Crippen molar-refractivity contribution in [1.29, 1.82) is 0 Å². The first kappa shape index (κ1) is 59.3. The second kappa shape index (κ2) is 50.9. The summed E-state index contributed by atoms with van der Waals surface area (Å²) >= 11 is 0. The molecule has 0 spiro atoms. The van der Waals surface area contributed by atoms with E-state index in [-0.39, 0.29) is 12.5 Å². The Bertz CT molecular complexity index is 989. The first-order valence-corrected chi connectivity index (χ1v) is 26.9. The molecule has 5 heteroatoms. The molecule has 5 nitrogen and oxygen atoms in total. The van der Waals surface area contributed by atoms with Gasteiger partial charge in [-0.3, -0.25) is 4.79 Å². The number of nitrogens with one attached hydrogen (secondary N) is 1. The van der Waals surface area contributed by atoms with Crippen LogP contribution in [0.1, 0.15) is 277 Å². The van der Waals surface area contributed by atoms with Gasteiger partial charge in [-0.25, -0.2) is 0 Å². The van der Waals surface area contributed by atoms with E-state index in [1.165, 1.54) is 199 Å². The summed E-state index contributed by atoms with van der Waals surface area (Å²) in [5.41, 5.74) is 0. The zero-order valence-electron chi connectivity index (χ0n) is 40.8. The van der Waals surface area contributed by atoms with Gasteiger partial charge in [0.15, 0.2) is 0 Å². The molecule has 0 aliphatic heterocycles. The van der Waals surface area contributed by atoms with Crippen molar-refractivity contribution in [3.63, 3.8) is 0 Å². The summed E-state index contributed by atoms with van der Waals surface area (Å²) in [6.07, 6.45) is 67.1. The molecule has 4 N–H and O–H groups in total. The zero-order chi connectivity index (χ0) is 44.4. The number of carbonyl (C=O) groups is 1. The molecule has 0 saturated heterocycles. The summed E-state index contributed by atoms with van der Waals surface area (Å²) in [4.78, 5) is 12.5. The number of amides is 1. The topological polar surface area (TPSA) is 89.8 Å². The highest BCUT2D eigenvalue weighted by Gasteiger charge is 2.26. The SMILES string of the molecule is CCCCC/C=C/CC/C=C/CCCC(O)C(O)C(CO)NC(=O)CCCCCCCCCCCCCCCCCCC/C=C\C/C=C\CCCCCCCCCCCCC. The molecule has 0 bridgehead atoms. The molecule has 0 aromatic rings. The molecule has 1 amide bonds. The van der Waals surface area contributed by atoms with E-state index < -0.39 is 18.2 Å². The molecule has 0 aliphatic carbocycles. The van der Waals surface area contributed by atoms with Crippen LogP contribution in [0.4, 0.5) is 0 Å². The van der Waals surface area contributed by atoms with E-state index in [9.17, 15) is 20.1 Å². The number of carbonyl (C=O) groups excluding carboxylic acids is 1. The predicted molar refractivity (Wildman–Crippen MR) is 268 cm³/mol. The average molecular weight is 856 g/mol. The van der Waals surface area contributed by atoms with Crippen LogP contribution in [-0.4, -0.2) is 46.1 Å². The summed E-state index contributed by atoms with van der Waals surface area (Å²) in [5.74, 6) is -0.158. The normalized spacial score (nSPS) is 13.7. The van der Waals surface area contributed by atoms with Gasteiger partial charge in [0, 0.05) is 6.42 Å². The second-order valence-corrected chi connectivity index (χ2v) is 18.4. The van der Waals surface area contributed by atoms with E-state index in [1.807, 2.05) is 0 Å². The minimum atomic E-state index is -1.17. The largest absolute Gasteiger partial charge is 0.394 e. The van der Waals surface area contributed by atoms with Gasteiger partial charge in [0.05, 0.1) is 18.8 Å². The van der Waals surface area contributed by atoms with E-state index >= 15 is 0 Å². The standard InChI is InChI=1S/C56H105NO4/c1-3-5-7-9-11-13-15-17-18-19-20-21-22-23-24-25-26-27-28-29-30-31-32-33-34-35-36-37-38-39-41-43-45-47-49-51-55(60)57-53(52-58)56(61)54(59)50-48-46-44-42-40-16-14-12-10-8-6-4-2/h12,14,22-23,25-26,42,44,53-54,56,58-59,61H,3-11,13,15-21,24,27-41,43,45-52H2,1-2H3,(H,57,60)/b14-12+,23-22-,26-25-,44-42+. The van der Waals surface area contributed by atoms with Gasteiger partial charge in [-0.1, -0.05) is 236 Å². The van der Waals surface area contributed by atoms with Crippen molar-refractivity contribution in [1.82, 2.24) is 5.32 Å². The molecule has 358 valence electrons. The predicted octanol–water partition coefficient (Wildman–Crippen LogP) is 16.4. The third-order valence-electron chi connectivity index (χ3n) is 12.4. The van der Waals surface area contributed by atoms with Crippen LogP contribution < -0.4 is 5.32 Å². The molecule has 3 atom stereocenters. The summed E-state index contributed by atoms with van der Waals surface area (Å²) in [7, 11) is 0. The highest BCUT2D eigenvalue weighted by atomic mass is 16.3. The Morgan fingerprint density at radius 2 is 0.721 bits per heavy atom. The summed E-state index contributed by atoms with van der Waals surface area (Å²) in [6.45, 7) is 4.14. The van der Waals surface area contributed by atoms with E-state index in [0.29, 0.717) is 12.8 Å². The maximum absolute atomic E-state index is 12.5. The molecule has 0 saturated carbocycles. The lowest BCUT2D eigenvalue weighted by Crippen LogP contribution is -2.50. The quantitative estimate of drug-likeness (QED) is 0.0362. The van der Waals surface area contributed by atoms with E-state index in [1.54, 1.807) is 0 Å². The molecular weight excluding hydrogens is 751 g/mol. The van der Waals surface area contributed by atoms with Crippen LogP contribution in [0, 0.1) is 0 Å². The van der Waals surface area contributed by atoms with Gasteiger partial charge in [0.2, 0.25) is 5.91 Å². The number of hydrogen-bond donors (Lipinski definition) is 4. The smallest absolute Gasteiger partial charge is 0.220 e. The number of allylic oxidation sites excluding steroid dienone is 8. The molecular formula is C56H105NO4. The minimum absolute atomic E-state index is 0.158. The maximum Gasteiger partial charge on any atom is 0.220 e. The number of aliphatic hydroxyl groups is 3. The summed E-state index contributed by atoms with van der Waals surface area (Å²) < 4.78 is 0. The van der Waals surface area contributed by atoms with Crippen LogP contribution >= 0.6 is 0 Å². The lowest BCUT2D eigenvalue weighted by Gasteiger charge is -2.26. The van der Waals surface area contributed by atoms with E-state index in [4.69, 9.17) is 0 Å². The fourth-order valence-electron chi connectivity index (χ4n) is 8.21. The van der Waals surface area contributed by atoms with Crippen LogP contribution in [0.5, 0.6) is 0 Å². The Morgan fingerprint density at radius 3 is 1.13 bits per heavy atom. The number of hydrogen-bond acceptors (Lipinski definition) is 4. The third-order valence-corrected chi connectivity index (χ3v) is 12.4. The average Bonchev–Trinajstić information content (AvgIpc) is 3.26. The van der Waals surface area contributed by atoms with Gasteiger partial charge in [-0.05, 0) is 83.5 Å². The fraction of sp³-hybridized carbons (Fsp3) is 0.839. The number of rotatable bonds is 49. The second-order valence-electron chi connectivity index (χ2n) is 18.4. The van der Waals surface area contributed by atoms with Gasteiger partial charge in [-0.15, -0.1) is 0 Å². The minimum Gasteiger partial charge on any atom is -0.394 e. The monoisotopic (exact) mass is 856 g/mol. The van der Waals surface area contributed by atoms with Crippen molar-refractivity contribution in [2.75, 3.05) is 6.61 Å². The van der Waals surface area contributed by atoms with Crippen molar-refractivity contribution in [3.8, 4) is 0 Å². The molecule has 0 aliphatic rings. The van der Waals surface area contributed by atoms with Gasteiger partial charge in [0.25, 0.3) is 0 Å². The Hall–Kier alpha value is -1.69. The molecule has 0 aromatic heterocycles. The molecule has 0 radical (unpaired) electrons. The number of unbranched alkanes of at least 4 members (excludes halogenated alkanes) is 33. The lowest BCUT2D eigenvalue weighted by molar-refractivity contribution is -0.124. The van der Waals surface area contributed by atoms with Crippen LogP contribution in [0.2, 0.25) is 0 Å². The molecule has 0 rings (SSSR count). The number of aliphatic hydroxyl groups excluding tert-OH is 3. The van der Waals surface area contributed by atoms with Crippen LogP contribution in [0.3, 0.4) is 0 Å². The molecule has 0 aromatic carbocycles. The van der Waals surface area contributed by atoms with Crippen molar-refractivity contribution < 1.29 is 20.1 Å². The van der Waals surface area contributed by atoms with Crippen LogP contribution in [0.15, 0.2) is 48.6 Å². The fourth-order valence-corrected chi connectivity index (χ4v) is 8.21. The molecule has 0 fully saturated rings. The van der Waals surface area contributed by atoms with E-state index in [0.717, 1.165) is 51.4 Å². The Labute approximate surface area is 380 Å². The Kier molecular flexibility index (Phi) is 49.5. The third kappa shape index (κ3) is 46.1. The van der Waals surface area contributed by atoms with Crippen LogP contribution in [0.25, 0.3) is 0 Å². The highest BCUT2D eigenvalue weighted by Crippen LogP contribution is 2.16. The lowest BCUT2D eigenvalue weighted by atomic mass is 10.0. The molecule has 0 heterocycles. The molecule has 61 heavy (non-hydrogen) atoms. The van der Waals surface area contributed by atoms with Crippen molar-refractivity contribution in [2.45, 2.75) is 295 Å². The first-order chi connectivity index (χ1) is 30.1.